The van der Waals surface area contributed by atoms with Crippen LogP contribution in [0.5, 0.6) is 0 Å². The molecule has 0 spiro atoms. The van der Waals surface area contributed by atoms with Crippen molar-refractivity contribution in [3.63, 3.8) is 0 Å². The molecule has 21 heavy (non-hydrogen) atoms. The summed E-state index contributed by atoms with van der Waals surface area (Å²) >= 11 is 0. The summed E-state index contributed by atoms with van der Waals surface area (Å²) in [6.07, 6.45) is 4.03. The maximum Gasteiger partial charge on any atom is 0.147 e. The predicted octanol–water partition coefficient (Wildman–Crippen LogP) is 3.39. The molecular weight excluding hydrogens is 260 g/mol. The molecule has 1 aromatic carbocycles. The first-order valence-electron chi connectivity index (χ1n) is 7.35. The first-order valence-corrected chi connectivity index (χ1v) is 7.35. The number of likely N-dealkylation sites (N-methyl/N-ethyl adjacent to an activating group) is 1. The molecule has 0 atom stereocenters. The van der Waals surface area contributed by atoms with Gasteiger partial charge in [-0.15, -0.1) is 10.2 Å². The summed E-state index contributed by atoms with van der Waals surface area (Å²) in [5.41, 5.74) is 2.58. The van der Waals surface area contributed by atoms with Gasteiger partial charge in [0.05, 0.1) is 6.54 Å². The van der Waals surface area contributed by atoms with E-state index >= 15 is 0 Å². The molecule has 0 saturated heterocycles. The van der Waals surface area contributed by atoms with Crippen molar-refractivity contribution < 1.29 is 0 Å². The van der Waals surface area contributed by atoms with E-state index in [4.69, 9.17) is 0 Å². The van der Waals surface area contributed by atoms with Gasteiger partial charge in [-0.1, -0.05) is 42.0 Å². The first kappa shape index (κ1) is 15.4. The van der Waals surface area contributed by atoms with Gasteiger partial charge in [0, 0.05) is 12.6 Å². The summed E-state index contributed by atoms with van der Waals surface area (Å²) in [6.45, 7) is 8.18. The molecule has 0 radical (unpaired) electrons. The third-order valence-electron chi connectivity index (χ3n) is 3.35. The fraction of sp³-hybridized carbons (Fsp3) is 0.412. The van der Waals surface area contributed by atoms with Gasteiger partial charge >= 0.3 is 0 Å². The SMILES string of the molecule is C/C(=C\c1ccccc1)CN(C)Cc1nncn1C(C)C. The van der Waals surface area contributed by atoms with Crippen LogP contribution in [0, 0.1) is 0 Å². The van der Waals surface area contributed by atoms with E-state index in [1.54, 1.807) is 6.33 Å². The lowest BCUT2D eigenvalue weighted by molar-refractivity contribution is 0.335. The number of hydrogen-bond donors (Lipinski definition) is 0. The zero-order valence-electron chi connectivity index (χ0n) is 13.3. The molecule has 2 rings (SSSR count). The Morgan fingerprint density at radius 3 is 2.67 bits per heavy atom. The fourth-order valence-electron chi connectivity index (χ4n) is 2.41. The first-order chi connectivity index (χ1) is 10.1. The molecule has 0 aliphatic heterocycles. The van der Waals surface area contributed by atoms with Gasteiger partial charge in [0.25, 0.3) is 0 Å². The number of benzene rings is 1. The topological polar surface area (TPSA) is 34.0 Å². The second-order valence-corrected chi connectivity index (χ2v) is 5.82. The van der Waals surface area contributed by atoms with E-state index in [9.17, 15) is 0 Å². The van der Waals surface area contributed by atoms with Gasteiger partial charge in [0.15, 0.2) is 0 Å². The van der Waals surface area contributed by atoms with Gasteiger partial charge < -0.3 is 4.57 Å². The smallest absolute Gasteiger partial charge is 0.147 e. The average molecular weight is 284 g/mol. The third-order valence-corrected chi connectivity index (χ3v) is 3.35. The van der Waals surface area contributed by atoms with E-state index in [1.807, 2.05) is 6.07 Å². The van der Waals surface area contributed by atoms with E-state index in [0.717, 1.165) is 18.9 Å². The molecule has 0 unspecified atom stereocenters. The Balaban J connectivity index is 1.97. The number of rotatable bonds is 6. The summed E-state index contributed by atoms with van der Waals surface area (Å²) in [5, 5.41) is 8.24. The van der Waals surface area contributed by atoms with Crippen LogP contribution in [0.3, 0.4) is 0 Å². The highest BCUT2D eigenvalue weighted by Crippen LogP contribution is 2.11. The maximum absolute atomic E-state index is 4.22. The highest BCUT2D eigenvalue weighted by Gasteiger charge is 2.10. The molecule has 112 valence electrons. The quantitative estimate of drug-likeness (QED) is 0.815. The molecular formula is C17H24N4. The van der Waals surface area contributed by atoms with E-state index in [2.05, 4.69) is 77.8 Å². The second kappa shape index (κ2) is 7.18. The molecule has 0 aliphatic rings. The summed E-state index contributed by atoms with van der Waals surface area (Å²) in [6, 6.07) is 10.8. The van der Waals surface area contributed by atoms with Crippen molar-refractivity contribution >= 4 is 6.08 Å². The van der Waals surface area contributed by atoms with Gasteiger partial charge in [-0.05, 0) is 33.4 Å². The lowest BCUT2D eigenvalue weighted by Crippen LogP contribution is -2.22. The molecule has 0 N–H and O–H groups in total. The molecule has 4 nitrogen and oxygen atoms in total. The van der Waals surface area contributed by atoms with Crippen molar-refractivity contribution in [1.82, 2.24) is 19.7 Å². The van der Waals surface area contributed by atoms with Gasteiger partial charge in [0.2, 0.25) is 0 Å². The predicted molar refractivity (Wildman–Crippen MR) is 86.8 cm³/mol. The molecule has 0 aliphatic carbocycles. The Bertz CT molecular complexity index is 584. The van der Waals surface area contributed by atoms with E-state index in [-0.39, 0.29) is 0 Å². The van der Waals surface area contributed by atoms with Gasteiger partial charge in [-0.25, -0.2) is 0 Å². The van der Waals surface area contributed by atoms with Crippen LogP contribution < -0.4 is 0 Å². The van der Waals surface area contributed by atoms with Crippen molar-refractivity contribution in [2.45, 2.75) is 33.4 Å². The molecule has 0 fully saturated rings. The Morgan fingerprint density at radius 1 is 1.29 bits per heavy atom. The van der Waals surface area contributed by atoms with Crippen LogP contribution in [0.1, 0.15) is 38.2 Å². The Morgan fingerprint density at radius 2 is 2.00 bits per heavy atom. The summed E-state index contributed by atoms with van der Waals surface area (Å²) in [5.74, 6) is 1.01. The third kappa shape index (κ3) is 4.53. The average Bonchev–Trinajstić information content (AvgIpc) is 2.87. The van der Waals surface area contributed by atoms with Gasteiger partial charge in [-0.3, -0.25) is 4.90 Å². The molecule has 1 aromatic heterocycles. The van der Waals surface area contributed by atoms with Crippen molar-refractivity contribution in [3.8, 4) is 0 Å². The minimum atomic E-state index is 0.393. The van der Waals surface area contributed by atoms with Crippen LogP contribution >= 0.6 is 0 Å². The highest BCUT2D eigenvalue weighted by molar-refractivity contribution is 5.52. The molecule has 0 saturated carbocycles. The molecule has 1 heterocycles. The summed E-state index contributed by atoms with van der Waals surface area (Å²) < 4.78 is 2.12. The Hall–Kier alpha value is -1.94. The van der Waals surface area contributed by atoms with Crippen LogP contribution in [0.25, 0.3) is 6.08 Å². The largest absolute Gasteiger partial charge is 0.314 e. The number of hydrogen-bond acceptors (Lipinski definition) is 3. The monoisotopic (exact) mass is 284 g/mol. The molecule has 4 heteroatoms. The van der Waals surface area contributed by atoms with Crippen molar-refractivity contribution in [2.75, 3.05) is 13.6 Å². The van der Waals surface area contributed by atoms with E-state index in [1.165, 1.54) is 11.1 Å². The van der Waals surface area contributed by atoms with Gasteiger partial charge in [-0.2, -0.15) is 0 Å². The lowest BCUT2D eigenvalue weighted by Gasteiger charge is -2.18. The van der Waals surface area contributed by atoms with Crippen LogP contribution in [0.15, 0.2) is 42.2 Å². The number of aromatic nitrogens is 3. The van der Waals surface area contributed by atoms with Crippen molar-refractivity contribution in [1.29, 1.82) is 0 Å². The Kier molecular flexibility index (Phi) is 5.28. The number of nitrogens with zero attached hydrogens (tertiary/aromatic N) is 4. The molecule has 2 aromatic rings. The Labute approximate surface area is 127 Å². The lowest BCUT2D eigenvalue weighted by atomic mass is 10.1. The maximum atomic E-state index is 4.22. The minimum Gasteiger partial charge on any atom is -0.314 e. The van der Waals surface area contributed by atoms with Crippen LogP contribution in [0.2, 0.25) is 0 Å². The second-order valence-electron chi connectivity index (χ2n) is 5.82. The molecule has 0 amide bonds. The zero-order chi connectivity index (χ0) is 15.2. The highest BCUT2D eigenvalue weighted by atomic mass is 15.3. The van der Waals surface area contributed by atoms with E-state index in [0.29, 0.717) is 6.04 Å². The van der Waals surface area contributed by atoms with Crippen LogP contribution in [0.4, 0.5) is 0 Å². The van der Waals surface area contributed by atoms with Crippen molar-refractivity contribution in [2.24, 2.45) is 0 Å². The summed E-state index contributed by atoms with van der Waals surface area (Å²) in [7, 11) is 2.11. The van der Waals surface area contributed by atoms with E-state index < -0.39 is 0 Å². The zero-order valence-corrected chi connectivity index (χ0v) is 13.3. The minimum absolute atomic E-state index is 0.393. The normalized spacial score (nSPS) is 12.4. The summed E-state index contributed by atoms with van der Waals surface area (Å²) in [4.78, 5) is 2.26. The van der Waals surface area contributed by atoms with Gasteiger partial charge in [0.1, 0.15) is 12.2 Å². The van der Waals surface area contributed by atoms with Crippen LogP contribution in [-0.4, -0.2) is 33.3 Å². The standard InChI is InChI=1S/C17H24N4/c1-14(2)21-13-18-19-17(21)12-20(4)11-15(3)10-16-8-6-5-7-9-16/h5-10,13-14H,11-12H2,1-4H3/b15-10+. The van der Waals surface area contributed by atoms with Crippen LogP contribution in [-0.2, 0) is 6.54 Å². The van der Waals surface area contributed by atoms with Crippen molar-refractivity contribution in [3.05, 3.63) is 53.6 Å². The fourth-order valence-corrected chi connectivity index (χ4v) is 2.41. The molecule has 0 bridgehead atoms.